The molecule has 6 heteroatoms. The van der Waals surface area contributed by atoms with Crippen LogP contribution < -0.4 is 10.5 Å². The molecule has 0 saturated heterocycles. The molecule has 0 amide bonds. The van der Waals surface area contributed by atoms with E-state index in [0.717, 1.165) is 16.8 Å². The van der Waals surface area contributed by atoms with Crippen molar-refractivity contribution in [2.75, 3.05) is 14.2 Å². The van der Waals surface area contributed by atoms with Crippen molar-refractivity contribution in [1.29, 1.82) is 0 Å². The van der Waals surface area contributed by atoms with Gasteiger partial charge in [0.1, 0.15) is 5.75 Å². The summed E-state index contributed by atoms with van der Waals surface area (Å²) in [6.45, 7) is 1.11. The van der Waals surface area contributed by atoms with Crippen LogP contribution in [0.4, 0.5) is 0 Å². The molecule has 23 heavy (non-hydrogen) atoms. The smallest absolute Gasteiger partial charge is 0.421 e. The Bertz CT molecular complexity index is 885. The van der Waals surface area contributed by atoms with Gasteiger partial charge in [0.2, 0.25) is 0 Å². The van der Waals surface area contributed by atoms with Crippen molar-refractivity contribution in [2.45, 2.75) is 13.2 Å². The summed E-state index contributed by atoms with van der Waals surface area (Å²) in [4.78, 5) is 14.1. The SMILES string of the molecule is COc1cccc(CN(C)Cn2c(=O)oc3cc(Cl)ccc32)c1. The zero-order chi connectivity index (χ0) is 16.4. The summed E-state index contributed by atoms with van der Waals surface area (Å²) in [5.41, 5.74) is 2.34. The Morgan fingerprint density at radius 1 is 1.26 bits per heavy atom. The normalized spacial score (nSPS) is 11.3. The van der Waals surface area contributed by atoms with E-state index in [-0.39, 0.29) is 5.76 Å². The number of nitrogens with zero attached hydrogens (tertiary/aromatic N) is 2. The van der Waals surface area contributed by atoms with Crippen LogP contribution in [0.15, 0.2) is 51.7 Å². The van der Waals surface area contributed by atoms with Gasteiger partial charge >= 0.3 is 5.76 Å². The van der Waals surface area contributed by atoms with E-state index in [4.69, 9.17) is 20.8 Å². The summed E-state index contributed by atoms with van der Waals surface area (Å²) in [5.74, 6) is 0.427. The highest BCUT2D eigenvalue weighted by molar-refractivity contribution is 6.31. The second kappa shape index (κ2) is 6.48. The first-order valence-corrected chi connectivity index (χ1v) is 7.55. The number of fused-ring (bicyclic) bond motifs is 1. The number of rotatable bonds is 5. The first-order valence-electron chi connectivity index (χ1n) is 7.17. The summed E-state index contributed by atoms with van der Waals surface area (Å²) in [5, 5.41) is 0.545. The average molecular weight is 333 g/mol. The summed E-state index contributed by atoms with van der Waals surface area (Å²) >= 11 is 5.93. The molecular weight excluding hydrogens is 316 g/mol. The molecule has 3 rings (SSSR count). The van der Waals surface area contributed by atoms with E-state index in [1.807, 2.05) is 36.2 Å². The molecule has 0 radical (unpaired) electrons. The Morgan fingerprint density at radius 2 is 2.09 bits per heavy atom. The van der Waals surface area contributed by atoms with Crippen molar-refractivity contribution in [3.05, 3.63) is 63.6 Å². The Kier molecular flexibility index (Phi) is 4.41. The van der Waals surface area contributed by atoms with Crippen molar-refractivity contribution >= 4 is 22.7 Å². The van der Waals surface area contributed by atoms with Crippen molar-refractivity contribution < 1.29 is 9.15 Å². The number of hydrogen-bond acceptors (Lipinski definition) is 4. The summed E-state index contributed by atoms with van der Waals surface area (Å²) < 4.78 is 12.1. The largest absolute Gasteiger partial charge is 0.497 e. The fourth-order valence-corrected chi connectivity index (χ4v) is 2.71. The van der Waals surface area contributed by atoms with Gasteiger partial charge in [-0.25, -0.2) is 4.79 Å². The molecule has 0 N–H and O–H groups in total. The Morgan fingerprint density at radius 3 is 2.87 bits per heavy atom. The average Bonchev–Trinajstić information content (AvgIpc) is 2.82. The lowest BCUT2D eigenvalue weighted by Gasteiger charge is -2.17. The second-order valence-corrected chi connectivity index (χ2v) is 5.85. The number of hydrogen-bond donors (Lipinski definition) is 0. The number of oxazole rings is 1. The highest BCUT2D eigenvalue weighted by Gasteiger charge is 2.11. The number of ether oxygens (including phenoxy) is 1. The van der Waals surface area contributed by atoms with Gasteiger partial charge < -0.3 is 9.15 Å². The molecule has 0 aliphatic heterocycles. The standard InChI is InChI=1S/C17H17ClN2O3/c1-19(10-12-4-3-5-14(8-12)22-2)11-20-15-7-6-13(18)9-16(15)23-17(20)21/h3-9H,10-11H2,1-2H3. The second-order valence-electron chi connectivity index (χ2n) is 5.42. The van der Waals surface area contributed by atoms with Crippen LogP contribution in [-0.4, -0.2) is 23.6 Å². The maximum absolute atomic E-state index is 12.0. The van der Waals surface area contributed by atoms with Gasteiger partial charge in [-0.1, -0.05) is 23.7 Å². The van der Waals surface area contributed by atoms with Crippen LogP contribution >= 0.6 is 11.6 Å². The summed E-state index contributed by atoms with van der Waals surface area (Å²) in [6, 6.07) is 13.0. The molecule has 5 nitrogen and oxygen atoms in total. The number of halogens is 1. The van der Waals surface area contributed by atoms with Gasteiger partial charge in [-0.05, 0) is 36.9 Å². The third kappa shape index (κ3) is 3.41. The van der Waals surface area contributed by atoms with E-state index < -0.39 is 0 Å². The van der Waals surface area contributed by atoms with Gasteiger partial charge in [-0.2, -0.15) is 0 Å². The number of methoxy groups -OCH3 is 1. The third-order valence-electron chi connectivity index (χ3n) is 3.60. The minimum Gasteiger partial charge on any atom is -0.497 e. The minimum absolute atomic E-state index is 0.389. The van der Waals surface area contributed by atoms with Gasteiger partial charge in [-0.15, -0.1) is 0 Å². The molecule has 0 aliphatic rings. The quantitative estimate of drug-likeness (QED) is 0.719. The van der Waals surface area contributed by atoms with E-state index in [1.165, 1.54) is 0 Å². The molecule has 3 aromatic rings. The first kappa shape index (κ1) is 15.6. The molecule has 0 atom stereocenters. The minimum atomic E-state index is -0.389. The molecular formula is C17H17ClN2O3. The van der Waals surface area contributed by atoms with Crippen LogP contribution in [-0.2, 0) is 13.2 Å². The van der Waals surface area contributed by atoms with E-state index in [2.05, 4.69) is 0 Å². The van der Waals surface area contributed by atoms with E-state index in [1.54, 1.807) is 29.9 Å². The fraction of sp³-hybridized carbons (Fsp3) is 0.235. The Labute approximate surface area is 138 Å². The Balaban J connectivity index is 1.81. The molecule has 1 heterocycles. The zero-order valence-corrected chi connectivity index (χ0v) is 13.7. The van der Waals surface area contributed by atoms with Crippen molar-refractivity contribution in [3.63, 3.8) is 0 Å². The van der Waals surface area contributed by atoms with Crippen molar-refractivity contribution in [3.8, 4) is 5.75 Å². The fourth-order valence-electron chi connectivity index (χ4n) is 2.55. The maximum Gasteiger partial charge on any atom is 0.421 e. The molecule has 2 aromatic carbocycles. The van der Waals surface area contributed by atoms with Crippen LogP contribution in [0.3, 0.4) is 0 Å². The van der Waals surface area contributed by atoms with Gasteiger partial charge in [0.15, 0.2) is 5.58 Å². The Hall–Kier alpha value is -2.24. The van der Waals surface area contributed by atoms with Gasteiger partial charge in [0, 0.05) is 17.6 Å². The predicted octanol–water partition coefficient (Wildman–Crippen LogP) is 3.35. The van der Waals surface area contributed by atoms with Crippen LogP contribution in [0, 0.1) is 0 Å². The third-order valence-corrected chi connectivity index (χ3v) is 3.83. The monoisotopic (exact) mass is 332 g/mol. The molecule has 0 saturated carbocycles. The van der Waals surface area contributed by atoms with Gasteiger partial charge in [0.25, 0.3) is 0 Å². The summed E-state index contributed by atoms with van der Waals surface area (Å²) in [7, 11) is 3.59. The number of aromatic nitrogens is 1. The van der Waals surface area contributed by atoms with Gasteiger partial charge in [0.05, 0.1) is 19.3 Å². The molecule has 120 valence electrons. The topological polar surface area (TPSA) is 47.6 Å². The molecule has 0 aliphatic carbocycles. The van der Waals surface area contributed by atoms with E-state index in [0.29, 0.717) is 23.8 Å². The highest BCUT2D eigenvalue weighted by atomic mass is 35.5. The van der Waals surface area contributed by atoms with Gasteiger partial charge in [-0.3, -0.25) is 9.47 Å². The van der Waals surface area contributed by atoms with Crippen LogP contribution in [0.2, 0.25) is 5.02 Å². The first-order chi connectivity index (χ1) is 11.1. The molecule has 0 spiro atoms. The lowest BCUT2D eigenvalue weighted by molar-refractivity contribution is 0.253. The predicted molar refractivity (Wildman–Crippen MR) is 89.9 cm³/mol. The van der Waals surface area contributed by atoms with Crippen molar-refractivity contribution in [1.82, 2.24) is 9.47 Å². The zero-order valence-electron chi connectivity index (χ0n) is 13.0. The van der Waals surface area contributed by atoms with Crippen LogP contribution in [0.5, 0.6) is 5.75 Å². The molecule has 0 unspecified atom stereocenters. The molecule has 0 bridgehead atoms. The lowest BCUT2D eigenvalue weighted by Crippen LogP contribution is -2.27. The lowest BCUT2D eigenvalue weighted by atomic mass is 10.2. The molecule has 0 fully saturated rings. The van der Waals surface area contributed by atoms with Crippen molar-refractivity contribution in [2.24, 2.45) is 0 Å². The van der Waals surface area contributed by atoms with Crippen LogP contribution in [0.1, 0.15) is 5.56 Å². The maximum atomic E-state index is 12.0. The molecule has 1 aromatic heterocycles. The van der Waals surface area contributed by atoms with E-state index in [9.17, 15) is 4.79 Å². The summed E-state index contributed by atoms with van der Waals surface area (Å²) in [6.07, 6.45) is 0. The van der Waals surface area contributed by atoms with Crippen LogP contribution in [0.25, 0.3) is 11.1 Å². The highest BCUT2D eigenvalue weighted by Crippen LogP contribution is 2.19. The number of benzene rings is 2. The van der Waals surface area contributed by atoms with E-state index >= 15 is 0 Å².